The lowest BCUT2D eigenvalue weighted by Crippen LogP contribution is -2.43. The van der Waals surface area contributed by atoms with Gasteiger partial charge in [-0.05, 0) is 51.0 Å². The SMILES string of the molecule is CCOC(=O)C(Cc1ccccc1)NC(=O)c1cc(NC(=O)OC(C)(C)C)cc(OCc2ccccc2)c1. The number of nitrogens with one attached hydrogen (secondary N) is 2. The Kier molecular flexibility index (Phi) is 9.87. The van der Waals surface area contributed by atoms with Gasteiger partial charge >= 0.3 is 12.1 Å². The predicted octanol–water partition coefficient (Wildman–Crippen LogP) is 5.52. The number of esters is 1. The predicted molar refractivity (Wildman–Crippen MR) is 145 cm³/mol. The van der Waals surface area contributed by atoms with Crippen LogP contribution in [0.1, 0.15) is 49.2 Å². The number of carbonyl (C=O) groups is 3. The lowest BCUT2D eigenvalue weighted by Gasteiger charge is -2.20. The Balaban J connectivity index is 1.85. The fourth-order valence-electron chi connectivity index (χ4n) is 3.58. The maximum absolute atomic E-state index is 13.3. The Morgan fingerprint density at radius 2 is 1.50 bits per heavy atom. The van der Waals surface area contributed by atoms with Crippen molar-refractivity contribution in [2.45, 2.75) is 52.4 Å². The van der Waals surface area contributed by atoms with Crippen LogP contribution in [-0.2, 0) is 27.3 Å². The Morgan fingerprint density at radius 3 is 2.11 bits per heavy atom. The molecular weight excluding hydrogens is 484 g/mol. The molecule has 0 aliphatic rings. The summed E-state index contributed by atoms with van der Waals surface area (Å²) in [7, 11) is 0. The third kappa shape index (κ3) is 9.28. The van der Waals surface area contributed by atoms with E-state index >= 15 is 0 Å². The monoisotopic (exact) mass is 518 g/mol. The molecule has 3 rings (SSSR count). The Morgan fingerprint density at radius 1 is 0.868 bits per heavy atom. The first-order valence-corrected chi connectivity index (χ1v) is 12.5. The van der Waals surface area contributed by atoms with E-state index in [0.29, 0.717) is 11.4 Å². The molecule has 8 nitrogen and oxygen atoms in total. The molecule has 3 aromatic carbocycles. The van der Waals surface area contributed by atoms with Crippen LogP contribution in [0.25, 0.3) is 0 Å². The highest BCUT2D eigenvalue weighted by Gasteiger charge is 2.24. The zero-order valence-electron chi connectivity index (χ0n) is 22.2. The molecule has 0 saturated carbocycles. The van der Waals surface area contributed by atoms with Gasteiger partial charge in [0.2, 0.25) is 0 Å². The van der Waals surface area contributed by atoms with Crippen molar-refractivity contribution in [2.24, 2.45) is 0 Å². The highest BCUT2D eigenvalue weighted by atomic mass is 16.6. The van der Waals surface area contributed by atoms with Gasteiger partial charge < -0.3 is 19.5 Å². The molecule has 0 bridgehead atoms. The Labute approximate surface area is 223 Å². The summed E-state index contributed by atoms with van der Waals surface area (Å²) in [6.45, 7) is 7.43. The second-order valence-electron chi connectivity index (χ2n) is 9.62. The molecule has 2 N–H and O–H groups in total. The lowest BCUT2D eigenvalue weighted by atomic mass is 10.1. The minimum atomic E-state index is -0.902. The van der Waals surface area contributed by atoms with Crippen LogP contribution in [0.2, 0.25) is 0 Å². The summed E-state index contributed by atoms with van der Waals surface area (Å²) in [6, 6.07) is 22.7. The summed E-state index contributed by atoms with van der Waals surface area (Å²) < 4.78 is 16.5. The molecule has 3 aromatic rings. The molecule has 200 valence electrons. The van der Waals surface area contributed by atoms with Crippen LogP contribution in [0.5, 0.6) is 5.75 Å². The average Bonchev–Trinajstić information content (AvgIpc) is 2.87. The van der Waals surface area contributed by atoms with Crippen molar-refractivity contribution in [1.82, 2.24) is 5.32 Å². The molecule has 2 amide bonds. The van der Waals surface area contributed by atoms with Gasteiger partial charge in [0, 0.05) is 23.7 Å². The van der Waals surface area contributed by atoms with Gasteiger partial charge in [-0.3, -0.25) is 10.1 Å². The number of carbonyl (C=O) groups excluding carboxylic acids is 3. The molecule has 0 aromatic heterocycles. The maximum Gasteiger partial charge on any atom is 0.412 e. The second-order valence-corrected chi connectivity index (χ2v) is 9.62. The topological polar surface area (TPSA) is 103 Å². The Hall–Kier alpha value is -4.33. The van der Waals surface area contributed by atoms with Gasteiger partial charge in [0.1, 0.15) is 24.0 Å². The van der Waals surface area contributed by atoms with Crippen molar-refractivity contribution in [2.75, 3.05) is 11.9 Å². The molecule has 0 fully saturated rings. The van der Waals surface area contributed by atoms with Gasteiger partial charge in [-0.25, -0.2) is 9.59 Å². The fourth-order valence-corrected chi connectivity index (χ4v) is 3.58. The summed E-state index contributed by atoms with van der Waals surface area (Å²) in [5.74, 6) is -0.687. The first-order chi connectivity index (χ1) is 18.1. The summed E-state index contributed by atoms with van der Waals surface area (Å²) in [5.41, 5.74) is 1.62. The van der Waals surface area contributed by atoms with Crippen molar-refractivity contribution < 1.29 is 28.6 Å². The summed E-state index contributed by atoms with van der Waals surface area (Å²) >= 11 is 0. The fraction of sp³-hybridized carbons (Fsp3) is 0.300. The quantitative estimate of drug-likeness (QED) is 0.343. The van der Waals surface area contributed by atoms with E-state index in [4.69, 9.17) is 14.2 Å². The number of benzene rings is 3. The van der Waals surface area contributed by atoms with Gasteiger partial charge in [0.25, 0.3) is 5.91 Å². The van der Waals surface area contributed by atoms with Crippen LogP contribution >= 0.6 is 0 Å². The van der Waals surface area contributed by atoms with E-state index in [2.05, 4.69) is 10.6 Å². The lowest BCUT2D eigenvalue weighted by molar-refractivity contribution is -0.145. The van der Waals surface area contributed by atoms with Crippen molar-refractivity contribution in [1.29, 1.82) is 0 Å². The number of ether oxygens (including phenoxy) is 3. The van der Waals surface area contributed by atoms with Crippen LogP contribution in [-0.4, -0.2) is 36.2 Å². The van der Waals surface area contributed by atoms with E-state index in [1.54, 1.807) is 39.8 Å². The van der Waals surface area contributed by atoms with Crippen molar-refractivity contribution in [3.05, 3.63) is 95.6 Å². The zero-order valence-corrected chi connectivity index (χ0v) is 22.2. The smallest absolute Gasteiger partial charge is 0.412 e. The van der Waals surface area contributed by atoms with Crippen LogP contribution in [0.4, 0.5) is 10.5 Å². The first kappa shape index (κ1) is 28.2. The Bertz CT molecular complexity index is 1220. The molecule has 0 aliphatic carbocycles. The standard InChI is InChI=1S/C30H34N2O6/c1-5-36-28(34)26(16-21-12-8-6-9-13-21)32-27(33)23-17-24(31-29(35)38-30(2,3)4)19-25(18-23)37-20-22-14-10-7-11-15-22/h6-15,17-19,26H,5,16,20H2,1-4H3,(H,31,35)(H,32,33). The number of hydrogen-bond donors (Lipinski definition) is 2. The van der Waals surface area contributed by atoms with E-state index in [-0.39, 0.29) is 25.2 Å². The zero-order chi connectivity index (χ0) is 27.5. The number of amides is 2. The van der Waals surface area contributed by atoms with E-state index in [0.717, 1.165) is 11.1 Å². The minimum absolute atomic E-state index is 0.187. The molecule has 0 saturated heterocycles. The van der Waals surface area contributed by atoms with Gasteiger partial charge in [-0.15, -0.1) is 0 Å². The second kappa shape index (κ2) is 13.3. The maximum atomic E-state index is 13.3. The van der Waals surface area contributed by atoms with E-state index in [1.165, 1.54) is 6.07 Å². The molecular formula is C30H34N2O6. The normalized spacial score (nSPS) is 11.7. The van der Waals surface area contributed by atoms with Gasteiger partial charge in [-0.1, -0.05) is 60.7 Å². The third-order valence-corrected chi connectivity index (χ3v) is 5.22. The van der Waals surface area contributed by atoms with Crippen LogP contribution in [0, 0.1) is 0 Å². The van der Waals surface area contributed by atoms with Gasteiger partial charge in [-0.2, -0.15) is 0 Å². The number of hydrogen-bond acceptors (Lipinski definition) is 6. The van der Waals surface area contributed by atoms with Gasteiger partial charge in [0.15, 0.2) is 0 Å². The van der Waals surface area contributed by atoms with Crippen LogP contribution in [0.15, 0.2) is 78.9 Å². The molecule has 38 heavy (non-hydrogen) atoms. The van der Waals surface area contributed by atoms with E-state index in [9.17, 15) is 14.4 Å². The molecule has 0 heterocycles. The van der Waals surface area contributed by atoms with Crippen LogP contribution in [0.3, 0.4) is 0 Å². The van der Waals surface area contributed by atoms with E-state index < -0.39 is 29.6 Å². The molecule has 1 unspecified atom stereocenters. The molecule has 0 aliphatic heterocycles. The molecule has 0 radical (unpaired) electrons. The molecule has 1 atom stereocenters. The largest absolute Gasteiger partial charge is 0.489 e. The van der Waals surface area contributed by atoms with Crippen molar-refractivity contribution in [3.8, 4) is 5.75 Å². The van der Waals surface area contributed by atoms with Crippen LogP contribution < -0.4 is 15.4 Å². The summed E-state index contributed by atoms with van der Waals surface area (Å²) in [4.78, 5) is 38.4. The van der Waals surface area contributed by atoms with Crippen molar-refractivity contribution >= 4 is 23.7 Å². The highest BCUT2D eigenvalue weighted by molar-refractivity contribution is 5.99. The first-order valence-electron chi connectivity index (χ1n) is 12.5. The summed E-state index contributed by atoms with van der Waals surface area (Å²) in [5, 5.41) is 5.43. The highest BCUT2D eigenvalue weighted by Crippen LogP contribution is 2.23. The number of rotatable bonds is 10. The minimum Gasteiger partial charge on any atom is -0.489 e. The molecule has 8 heteroatoms. The molecule has 0 spiro atoms. The third-order valence-electron chi connectivity index (χ3n) is 5.22. The summed E-state index contributed by atoms with van der Waals surface area (Å²) in [6.07, 6.45) is -0.406. The van der Waals surface area contributed by atoms with Crippen molar-refractivity contribution in [3.63, 3.8) is 0 Å². The number of anilines is 1. The van der Waals surface area contributed by atoms with Gasteiger partial charge in [0.05, 0.1) is 6.61 Å². The average molecular weight is 519 g/mol. The van der Waals surface area contributed by atoms with E-state index in [1.807, 2.05) is 60.7 Å².